The van der Waals surface area contributed by atoms with Crippen LogP contribution in [-0.2, 0) is 4.74 Å². The van der Waals surface area contributed by atoms with Crippen molar-refractivity contribution in [3.8, 4) is 0 Å². The Kier molecular flexibility index (Phi) is 4.76. The van der Waals surface area contributed by atoms with E-state index in [-0.39, 0.29) is 0 Å². The summed E-state index contributed by atoms with van der Waals surface area (Å²) >= 11 is 0. The molecule has 0 aromatic heterocycles. The molecule has 1 aromatic rings. The number of hydrogen-bond donors (Lipinski definition) is 1. The van der Waals surface area contributed by atoms with E-state index in [1.165, 1.54) is 0 Å². The van der Waals surface area contributed by atoms with Crippen molar-refractivity contribution in [3.05, 3.63) is 29.8 Å². The number of benzene rings is 1. The van der Waals surface area contributed by atoms with Crippen LogP contribution >= 0.6 is 0 Å². The van der Waals surface area contributed by atoms with Crippen molar-refractivity contribution in [1.82, 2.24) is 4.90 Å². The Hall–Kier alpha value is -1.59. The minimum absolute atomic E-state index is 0.329. The van der Waals surface area contributed by atoms with Crippen LogP contribution in [0.1, 0.15) is 10.4 Å². The molecule has 0 atom stereocenters. The first-order valence-corrected chi connectivity index (χ1v) is 6.51. The highest BCUT2D eigenvalue weighted by Crippen LogP contribution is 2.14. The summed E-state index contributed by atoms with van der Waals surface area (Å²) in [6.45, 7) is 5.41. The van der Waals surface area contributed by atoms with Crippen LogP contribution in [0.25, 0.3) is 0 Å². The van der Waals surface area contributed by atoms with Gasteiger partial charge in [-0.05, 0) is 18.2 Å². The quantitative estimate of drug-likeness (QED) is 0.864. The predicted molar refractivity (Wildman–Crippen MR) is 73.9 cm³/mol. The molecule has 5 heteroatoms. The van der Waals surface area contributed by atoms with E-state index >= 15 is 0 Å². The fourth-order valence-corrected chi connectivity index (χ4v) is 2.12. The third-order valence-corrected chi connectivity index (χ3v) is 3.39. The summed E-state index contributed by atoms with van der Waals surface area (Å²) in [7, 11) is 1.99. The molecule has 0 aliphatic carbocycles. The average Bonchev–Trinajstić information content (AvgIpc) is 2.46. The summed E-state index contributed by atoms with van der Waals surface area (Å²) in [5.41, 5.74) is 1.27. The number of aromatic carboxylic acids is 1. The van der Waals surface area contributed by atoms with Gasteiger partial charge in [-0.3, -0.25) is 4.90 Å². The minimum Gasteiger partial charge on any atom is -0.478 e. The van der Waals surface area contributed by atoms with Gasteiger partial charge in [0.1, 0.15) is 0 Å². The van der Waals surface area contributed by atoms with Gasteiger partial charge in [0.05, 0.1) is 18.8 Å². The van der Waals surface area contributed by atoms with E-state index in [2.05, 4.69) is 9.80 Å². The first kappa shape index (κ1) is 13.8. The number of ether oxygens (including phenoxy) is 1. The molecule has 1 N–H and O–H groups in total. The van der Waals surface area contributed by atoms with Crippen LogP contribution in [-0.4, -0.2) is 62.4 Å². The van der Waals surface area contributed by atoms with Gasteiger partial charge in [-0.25, -0.2) is 4.79 Å². The second-order valence-electron chi connectivity index (χ2n) is 4.73. The van der Waals surface area contributed by atoms with E-state index in [9.17, 15) is 4.79 Å². The monoisotopic (exact) mass is 264 g/mol. The van der Waals surface area contributed by atoms with Gasteiger partial charge in [-0.2, -0.15) is 0 Å². The normalized spacial score (nSPS) is 16.3. The van der Waals surface area contributed by atoms with Crippen molar-refractivity contribution >= 4 is 11.7 Å². The smallest absolute Gasteiger partial charge is 0.335 e. The molecule has 1 aliphatic rings. The van der Waals surface area contributed by atoms with E-state index in [1.54, 1.807) is 18.2 Å². The molecule has 1 saturated heterocycles. The topological polar surface area (TPSA) is 53.0 Å². The molecule has 0 bridgehead atoms. The maximum absolute atomic E-state index is 10.9. The number of hydrogen-bond acceptors (Lipinski definition) is 4. The zero-order chi connectivity index (χ0) is 13.7. The standard InChI is InChI=1S/C14H20N2O3/c1-15(5-6-16-7-9-19-10-8-16)13-4-2-3-12(11-13)14(17)18/h2-4,11H,5-10H2,1H3,(H,17,18). The SMILES string of the molecule is CN(CCN1CCOCC1)c1cccc(C(=O)O)c1. The average molecular weight is 264 g/mol. The molecule has 0 radical (unpaired) electrons. The third kappa shape index (κ3) is 3.94. The van der Waals surface area contributed by atoms with Crippen LogP contribution in [0.2, 0.25) is 0 Å². The maximum atomic E-state index is 10.9. The second-order valence-corrected chi connectivity index (χ2v) is 4.73. The molecular formula is C14H20N2O3. The summed E-state index contributed by atoms with van der Waals surface area (Å²) < 4.78 is 5.31. The lowest BCUT2D eigenvalue weighted by molar-refractivity contribution is 0.0393. The Balaban J connectivity index is 1.89. The molecule has 0 spiro atoms. The third-order valence-electron chi connectivity index (χ3n) is 3.39. The van der Waals surface area contributed by atoms with Crippen molar-refractivity contribution < 1.29 is 14.6 Å². The molecule has 0 amide bonds. The Morgan fingerprint density at radius 2 is 2.16 bits per heavy atom. The van der Waals surface area contributed by atoms with Gasteiger partial charge in [-0.1, -0.05) is 6.07 Å². The van der Waals surface area contributed by atoms with Crippen LogP contribution in [0.15, 0.2) is 24.3 Å². The van der Waals surface area contributed by atoms with Gasteiger partial charge >= 0.3 is 5.97 Å². The van der Waals surface area contributed by atoms with Gasteiger partial charge in [0.15, 0.2) is 0 Å². The van der Waals surface area contributed by atoms with Crippen molar-refractivity contribution in [2.24, 2.45) is 0 Å². The highest BCUT2D eigenvalue weighted by molar-refractivity contribution is 5.88. The molecule has 19 heavy (non-hydrogen) atoms. The molecule has 5 nitrogen and oxygen atoms in total. The predicted octanol–water partition coefficient (Wildman–Crippen LogP) is 1.15. The fraction of sp³-hybridized carbons (Fsp3) is 0.500. The number of carbonyl (C=O) groups is 1. The summed E-state index contributed by atoms with van der Waals surface area (Å²) in [5, 5.41) is 8.98. The second kappa shape index (κ2) is 6.54. The van der Waals surface area contributed by atoms with Crippen molar-refractivity contribution in [2.45, 2.75) is 0 Å². The van der Waals surface area contributed by atoms with E-state index in [0.717, 1.165) is 45.1 Å². The van der Waals surface area contributed by atoms with Crippen molar-refractivity contribution in [2.75, 3.05) is 51.3 Å². The molecule has 1 aliphatic heterocycles. The number of rotatable bonds is 5. The number of nitrogens with zero attached hydrogens (tertiary/aromatic N) is 2. The van der Waals surface area contributed by atoms with Crippen LogP contribution in [0.4, 0.5) is 5.69 Å². The Labute approximate surface area is 113 Å². The first-order chi connectivity index (χ1) is 9.16. The highest BCUT2D eigenvalue weighted by atomic mass is 16.5. The summed E-state index contributed by atoms with van der Waals surface area (Å²) in [6.07, 6.45) is 0. The number of likely N-dealkylation sites (N-methyl/N-ethyl adjacent to an activating group) is 1. The molecule has 104 valence electrons. The van der Waals surface area contributed by atoms with Crippen LogP contribution in [0, 0.1) is 0 Å². The van der Waals surface area contributed by atoms with Gasteiger partial charge in [0.2, 0.25) is 0 Å². The summed E-state index contributed by atoms with van der Waals surface area (Å²) in [4.78, 5) is 15.4. The van der Waals surface area contributed by atoms with Crippen molar-refractivity contribution in [3.63, 3.8) is 0 Å². The largest absolute Gasteiger partial charge is 0.478 e. The Bertz CT molecular complexity index is 430. The van der Waals surface area contributed by atoms with E-state index in [0.29, 0.717) is 5.56 Å². The van der Waals surface area contributed by atoms with E-state index < -0.39 is 5.97 Å². The molecular weight excluding hydrogens is 244 g/mol. The van der Waals surface area contributed by atoms with E-state index in [1.807, 2.05) is 13.1 Å². The molecule has 1 fully saturated rings. The van der Waals surface area contributed by atoms with Gasteiger partial charge in [-0.15, -0.1) is 0 Å². The van der Waals surface area contributed by atoms with Crippen molar-refractivity contribution in [1.29, 1.82) is 0 Å². The lowest BCUT2D eigenvalue weighted by Gasteiger charge is -2.29. The first-order valence-electron chi connectivity index (χ1n) is 6.51. The highest BCUT2D eigenvalue weighted by Gasteiger charge is 2.11. The number of morpholine rings is 1. The lowest BCUT2D eigenvalue weighted by Crippen LogP contribution is -2.40. The van der Waals surface area contributed by atoms with Crippen LogP contribution in [0.5, 0.6) is 0 Å². The Morgan fingerprint density at radius 1 is 1.42 bits per heavy atom. The van der Waals surface area contributed by atoms with Crippen LogP contribution < -0.4 is 4.90 Å². The van der Waals surface area contributed by atoms with Gasteiger partial charge < -0.3 is 14.7 Å². The molecule has 2 rings (SSSR count). The van der Waals surface area contributed by atoms with Gasteiger partial charge in [0, 0.05) is 38.9 Å². The fourth-order valence-electron chi connectivity index (χ4n) is 2.12. The summed E-state index contributed by atoms with van der Waals surface area (Å²) in [6, 6.07) is 7.04. The maximum Gasteiger partial charge on any atom is 0.335 e. The Morgan fingerprint density at radius 3 is 2.84 bits per heavy atom. The lowest BCUT2D eigenvalue weighted by atomic mass is 10.2. The molecule has 1 heterocycles. The number of carboxylic acids is 1. The van der Waals surface area contributed by atoms with Crippen LogP contribution in [0.3, 0.4) is 0 Å². The zero-order valence-electron chi connectivity index (χ0n) is 11.2. The van der Waals surface area contributed by atoms with Gasteiger partial charge in [0.25, 0.3) is 0 Å². The number of anilines is 1. The molecule has 0 unspecified atom stereocenters. The van der Waals surface area contributed by atoms with E-state index in [4.69, 9.17) is 9.84 Å². The zero-order valence-corrected chi connectivity index (χ0v) is 11.2. The molecule has 1 aromatic carbocycles. The number of carboxylic acid groups (broad SMARTS) is 1. The minimum atomic E-state index is -0.886. The summed E-state index contributed by atoms with van der Waals surface area (Å²) in [5.74, 6) is -0.886. The molecule has 0 saturated carbocycles.